The van der Waals surface area contributed by atoms with Crippen LogP contribution in [-0.2, 0) is 6.67 Å². The average Bonchev–Trinajstić information content (AvgIpc) is 2.36. The molecule has 0 aromatic carbocycles. The molecular weight excluding hydrogens is 210 g/mol. The molecule has 0 amide bonds. The minimum Gasteiger partial charge on any atom is -1.00 e. The van der Waals surface area contributed by atoms with Gasteiger partial charge >= 0.3 is 5.69 Å². The number of hydrogen-bond donors (Lipinski definition) is 1. The molecule has 1 aromatic rings. The third-order valence-electron chi connectivity index (χ3n) is 1.46. The first kappa shape index (κ1) is 8.13. The van der Waals surface area contributed by atoms with E-state index in [0.29, 0.717) is 6.67 Å². The highest BCUT2D eigenvalue weighted by Crippen LogP contribution is 1.87. The van der Waals surface area contributed by atoms with Crippen molar-refractivity contribution < 1.29 is 21.5 Å². The summed E-state index contributed by atoms with van der Waals surface area (Å²) in [6.45, 7) is 0.450. The first-order valence-electron chi connectivity index (χ1n) is 2.99. The van der Waals surface area contributed by atoms with Crippen LogP contribution in [0.5, 0.6) is 0 Å². The zero-order chi connectivity index (χ0) is 6.97. The number of aromatic amines is 1. The number of aliphatic imine (C=N–C) groups is 1. The van der Waals surface area contributed by atoms with Gasteiger partial charge in [-0.25, -0.2) is 9.98 Å². The van der Waals surface area contributed by atoms with Crippen LogP contribution in [0, 0.1) is 0 Å². The molecule has 1 aromatic heterocycles. The first-order chi connectivity index (χ1) is 4.88. The molecule has 1 aliphatic heterocycles. The summed E-state index contributed by atoms with van der Waals surface area (Å²) in [7, 11) is 0. The lowest BCUT2D eigenvalue weighted by molar-refractivity contribution is -0.708. The third-order valence-corrected chi connectivity index (χ3v) is 1.46. The Kier molecular flexibility index (Phi) is 2.19. The van der Waals surface area contributed by atoms with Crippen LogP contribution in [0.25, 0.3) is 0 Å². The van der Waals surface area contributed by atoms with Crippen LogP contribution in [0.4, 0.5) is 0 Å². The summed E-state index contributed by atoms with van der Waals surface area (Å²) in [5.41, 5.74) is 0.763. The molecule has 0 unspecified atom stereocenters. The standard InChI is InChI=1S/C6H5N3O.BrH/c10-6-8-2-1-5-3-7-4-9(5)6;/h1-3H,4H2;1H. The van der Waals surface area contributed by atoms with E-state index in [2.05, 4.69) is 9.98 Å². The molecule has 0 aliphatic carbocycles. The number of aromatic nitrogens is 2. The molecule has 1 aliphatic rings. The number of hydrogen-bond acceptors (Lipinski definition) is 2. The number of nitrogens with one attached hydrogen (secondary N) is 1. The molecule has 0 atom stereocenters. The van der Waals surface area contributed by atoms with Gasteiger partial charge in [-0.05, 0) is 0 Å². The van der Waals surface area contributed by atoms with Crippen molar-refractivity contribution in [2.75, 3.05) is 0 Å². The van der Waals surface area contributed by atoms with Gasteiger partial charge < -0.3 is 17.0 Å². The Labute approximate surface area is 73.4 Å². The van der Waals surface area contributed by atoms with Gasteiger partial charge in [0, 0.05) is 6.07 Å². The van der Waals surface area contributed by atoms with Gasteiger partial charge in [-0.2, -0.15) is 9.36 Å². The van der Waals surface area contributed by atoms with E-state index in [1.165, 1.54) is 0 Å². The van der Waals surface area contributed by atoms with E-state index in [1.54, 1.807) is 17.0 Å². The van der Waals surface area contributed by atoms with Gasteiger partial charge in [0.1, 0.15) is 0 Å². The summed E-state index contributed by atoms with van der Waals surface area (Å²) >= 11 is 0. The number of H-pyrrole nitrogens is 1. The topological polar surface area (TPSA) is 49.1 Å². The molecule has 0 saturated carbocycles. The fraction of sp³-hybridized carbons (Fsp3) is 0.167. The second-order valence-corrected chi connectivity index (χ2v) is 2.09. The van der Waals surface area contributed by atoms with Crippen LogP contribution in [-0.4, -0.2) is 11.2 Å². The summed E-state index contributed by atoms with van der Waals surface area (Å²) in [5.74, 6) is 0. The molecule has 2 heterocycles. The van der Waals surface area contributed by atoms with Gasteiger partial charge in [-0.15, -0.1) is 0 Å². The van der Waals surface area contributed by atoms with Gasteiger partial charge in [-0.3, -0.25) is 0 Å². The average molecular weight is 216 g/mol. The molecule has 2 rings (SSSR count). The van der Waals surface area contributed by atoms with Crippen LogP contribution in [0.15, 0.2) is 22.1 Å². The van der Waals surface area contributed by atoms with Crippen molar-refractivity contribution >= 4 is 6.21 Å². The quantitative estimate of drug-likeness (QED) is 0.442. The molecule has 11 heavy (non-hydrogen) atoms. The number of halogens is 1. The molecule has 58 valence electrons. The first-order valence-corrected chi connectivity index (χ1v) is 2.99. The fourth-order valence-electron chi connectivity index (χ4n) is 0.958. The lowest BCUT2D eigenvalue weighted by Crippen LogP contribution is -3.00. The molecular formula is C6H6BrN3O. The summed E-state index contributed by atoms with van der Waals surface area (Å²) in [5, 5.41) is 0. The molecule has 0 saturated heterocycles. The van der Waals surface area contributed by atoms with Crippen molar-refractivity contribution in [3.05, 3.63) is 28.4 Å². The Hall–Kier alpha value is -0.970. The van der Waals surface area contributed by atoms with E-state index in [4.69, 9.17) is 0 Å². The predicted molar refractivity (Wildman–Crippen MR) is 34.9 cm³/mol. The minimum absolute atomic E-state index is 0. The highest BCUT2D eigenvalue weighted by Gasteiger charge is 2.12. The second-order valence-electron chi connectivity index (χ2n) is 2.09. The van der Waals surface area contributed by atoms with Crippen molar-refractivity contribution in [2.45, 2.75) is 6.67 Å². The van der Waals surface area contributed by atoms with E-state index in [-0.39, 0.29) is 22.7 Å². The Morgan fingerprint density at radius 3 is 3.18 bits per heavy atom. The zero-order valence-corrected chi connectivity index (χ0v) is 7.21. The highest BCUT2D eigenvalue weighted by molar-refractivity contribution is 5.75. The van der Waals surface area contributed by atoms with Crippen LogP contribution in [0.1, 0.15) is 5.69 Å². The van der Waals surface area contributed by atoms with Crippen LogP contribution in [0.3, 0.4) is 0 Å². The van der Waals surface area contributed by atoms with Crippen molar-refractivity contribution in [3.8, 4) is 0 Å². The maximum atomic E-state index is 10.9. The zero-order valence-electron chi connectivity index (χ0n) is 5.62. The Morgan fingerprint density at radius 2 is 2.45 bits per heavy atom. The van der Waals surface area contributed by atoms with Crippen LogP contribution < -0.4 is 27.2 Å². The Balaban J connectivity index is 0.000000605. The van der Waals surface area contributed by atoms with Crippen molar-refractivity contribution in [1.82, 2.24) is 4.98 Å². The van der Waals surface area contributed by atoms with Crippen molar-refractivity contribution in [2.24, 2.45) is 4.99 Å². The van der Waals surface area contributed by atoms with Crippen LogP contribution >= 0.6 is 0 Å². The highest BCUT2D eigenvalue weighted by atomic mass is 79.9. The minimum atomic E-state index is -0.102. The summed E-state index contributed by atoms with van der Waals surface area (Å²) in [4.78, 5) is 17.4. The van der Waals surface area contributed by atoms with Gasteiger partial charge in [0.05, 0.1) is 12.4 Å². The smallest absolute Gasteiger partial charge is 0.497 e. The molecule has 0 bridgehead atoms. The van der Waals surface area contributed by atoms with E-state index in [9.17, 15) is 4.79 Å². The lowest BCUT2D eigenvalue weighted by Gasteiger charge is -1.87. The normalized spacial score (nSPS) is 12.4. The number of rotatable bonds is 0. The van der Waals surface area contributed by atoms with Crippen LogP contribution in [0.2, 0.25) is 0 Å². The lowest BCUT2D eigenvalue weighted by atomic mass is 10.4. The molecule has 0 radical (unpaired) electrons. The predicted octanol–water partition coefficient (Wildman–Crippen LogP) is -3.94. The monoisotopic (exact) mass is 215 g/mol. The van der Waals surface area contributed by atoms with E-state index in [0.717, 1.165) is 5.69 Å². The number of nitrogens with zero attached hydrogens (tertiary/aromatic N) is 2. The Bertz CT molecular complexity index is 344. The maximum absolute atomic E-state index is 10.9. The van der Waals surface area contributed by atoms with Gasteiger partial charge in [0.2, 0.25) is 0 Å². The molecule has 0 spiro atoms. The largest absolute Gasteiger partial charge is 1.00 e. The summed E-state index contributed by atoms with van der Waals surface area (Å²) in [6, 6.07) is 1.82. The molecule has 4 nitrogen and oxygen atoms in total. The number of fused-ring (bicyclic) bond motifs is 1. The Morgan fingerprint density at radius 1 is 1.64 bits per heavy atom. The van der Waals surface area contributed by atoms with Gasteiger partial charge in [0.25, 0.3) is 0 Å². The summed E-state index contributed by atoms with van der Waals surface area (Å²) in [6.07, 6.45) is 3.31. The van der Waals surface area contributed by atoms with E-state index >= 15 is 0 Å². The van der Waals surface area contributed by atoms with Gasteiger partial charge in [-0.1, -0.05) is 0 Å². The maximum Gasteiger partial charge on any atom is 0.497 e. The fourth-order valence-corrected chi connectivity index (χ4v) is 0.958. The molecule has 0 fully saturated rings. The molecule has 1 N–H and O–H groups in total. The third kappa shape index (κ3) is 1.23. The van der Waals surface area contributed by atoms with E-state index < -0.39 is 0 Å². The summed E-state index contributed by atoms with van der Waals surface area (Å²) < 4.78 is 1.57. The second kappa shape index (κ2) is 2.96. The van der Waals surface area contributed by atoms with Crippen molar-refractivity contribution in [1.29, 1.82) is 0 Å². The van der Waals surface area contributed by atoms with E-state index in [1.807, 2.05) is 6.07 Å². The van der Waals surface area contributed by atoms with Gasteiger partial charge in [0.15, 0.2) is 12.4 Å². The molecule has 5 heteroatoms. The SMILES string of the molecule is O=c1[nH]ccc2[n+]1CN=C2.[Br-]. The van der Waals surface area contributed by atoms with Crippen molar-refractivity contribution in [3.63, 3.8) is 0 Å².